The molecule has 2 aromatic heterocycles. The molecule has 4 heterocycles. The molecule has 3 aromatic rings. The van der Waals surface area contributed by atoms with Gasteiger partial charge in [0.1, 0.15) is 5.82 Å². The van der Waals surface area contributed by atoms with E-state index in [1.807, 2.05) is 17.2 Å². The van der Waals surface area contributed by atoms with Crippen molar-refractivity contribution >= 4 is 17.8 Å². The second-order valence-corrected chi connectivity index (χ2v) is 8.87. The average molecular weight is 590 g/mol. The molecule has 0 unspecified atom stereocenters. The number of aliphatic carboxylic acids is 2. The van der Waals surface area contributed by atoms with Crippen LogP contribution in [0.4, 0.5) is 26.3 Å². The zero-order valence-electron chi connectivity index (χ0n) is 21.1. The molecule has 0 bridgehead atoms. The molecule has 1 amide bonds. The Balaban J connectivity index is 0.000000276. The van der Waals surface area contributed by atoms with Crippen molar-refractivity contribution in [2.45, 2.75) is 37.3 Å². The van der Waals surface area contributed by atoms with Crippen molar-refractivity contribution in [3.05, 3.63) is 66.5 Å². The minimum atomic E-state index is -5.08. The lowest BCUT2D eigenvalue weighted by Crippen LogP contribution is -2.56. The quantitative estimate of drug-likeness (QED) is 0.379. The number of hydrogen-bond acceptors (Lipinski definition) is 6. The molecule has 222 valence electrons. The number of benzene rings is 1. The Bertz CT molecular complexity index is 1310. The van der Waals surface area contributed by atoms with Crippen LogP contribution in [-0.4, -0.2) is 74.5 Å². The standard InChI is InChI=1S/C21H22N4O2.2C2HF3O2/c26-19(18-7-4-14-27-18)24-11-8-21(9-12-24)20-22-15-17(25(20)13-10-23-21)16-5-2-1-3-6-16;2*3-2(4,5)1(6)7/h1-7,14-15,23H,8-13H2;2*(H,6,7). The summed E-state index contributed by atoms with van der Waals surface area (Å²) in [5.41, 5.74) is 2.20. The van der Waals surface area contributed by atoms with Gasteiger partial charge >= 0.3 is 24.3 Å². The number of halogens is 6. The summed E-state index contributed by atoms with van der Waals surface area (Å²) in [4.78, 5) is 37.0. The van der Waals surface area contributed by atoms with Gasteiger partial charge in [-0.25, -0.2) is 14.6 Å². The van der Waals surface area contributed by atoms with E-state index in [-0.39, 0.29) is 11.4 Å². The lowest BCUT2D eigenvalue weighted by Gasteiger charge is -2.44. The summed E-state index contributed by atoms with van der Waals surface area (Å²) in [7, 11) is 0. The highest BCUT2D eigenvalue weighted by atomic mass is 19.4. The molecule has 0 radical (unpaired) electrons. The topological polar surface area (TPSA) is 138 Å². The van der Waals surface area contributed by atoms with Gasteiger partial charge in [0.2, 0.25) is 0 Å². The first-order valence-electron chi connectivity index (χ1n) is 11.9. The SMILES string of the molecule is O=C(O)C(F)(F)F.O=C(O)C(F)(F)F.O=C(c1ccco1)N1CCC2(CC1)NCCn1c(-c3ccccc3)cnc12. The van der Waals surface area contributed by atoms with E-state index >= 15 is 0 Å². The number of nitrogens with zero attached hydrogens (tertiary/aromatic N) is 3. The predicted octanol–water partition coefficient (Wildman–Crippen LogP) is 4.14. The lowest BCUT2D eigenvalue weighted by atomic mass is 9.85. The smallest absolute Gasteiger partial charge is 0.475 e. The second kappa shape index (κ2) is 12.4. The summed E-state index contributed by atoms with van der Waals surface area (Å²) in [5, 5.41) is 18.0. The molecular weight excluding hydrogens is 566 g/mol. The highest BCUT2D eigenvalue weighted by molar-refractivity contribution is 5.91. The number of fused-ring (bicyclic) bond motifs is 2. The number of carboxylic acid groups (broad SMARTS) is 2. The van der Waals surface area contributed by atoms with Gasteiger partial charge in [0.15, 0.2) is 5.76 Å². The van der Waals surface area contributed by atoms with Gasteiger partial charge in [0.05, 0.1) is 23.7 Å². The van der Waals surface area contributed by atoms with Crippen molar-refractivity contribution in [3.63, 3.8) is 0 Å². The van der Waals surface area contributed by atoms with Gasteiger partial charge in [0, 0.05) is 26.2 Å². The maximum atomic E-state index is 12.6. The van der Waals surface area contributed by atoms with Crippen molar-refractivity contribution < 1.29 is 55.4 Å². The molecule has 16 heteroatoms. The van der Waals surface area contributed by atoms with E-state index in [0.29, 0.717) is 18.8 Å². The molecule has 1 aromatic carbocycles. The Morgan fingerprint density at radius 2 is 1.44 bits per heavy atom. The molecule has 1 spiro atoms. The third-order valence-electron chi connectivity index (χ3n) is 6.27. The van der Waals surface area contributed by atoms with Crippen LogP contribution < -0.4 is 5.32 Å². The molecule has 0 aliphatic carbocycles. The number of piperidine rings is 1. The van der Waals surface area contributed by atoms with Gasteiger partial charge in [-0.05, 0) is 30.5 Å². The normalized spacial score (nSPS) is 16.0. The van der Waals surface area contributed by atoms with Crippen LogP contribution in [0, 0.1) is 0 Å². The van der Waals surface area contributed by atoms with E-state index in [9.17, 15) is 31.1 Å². The van der Waals surface area contributed by atoms with Crippen molar-refractivity contribution in [2.75, 3.05) is 19.6 Å². The zero-order chi connectivity index (χ0) is 30.4. The fourth-order valence-corrected chi connectivity index (χ4v) is 4.36. The van der Waals surface area contributed by atoms with Gasteiger partial charge in [0.25, 0.3) is 5.91 Å². The van der Waals surface area contributed by atoms with Gasteiger partial charge in [-0.2, -0.15) is 26.3 Å². The molecule has 2 aliphatic heterocycles. The fourth-order valence-electron chi connectivity index (χ4n) is 4.36. The summed E-state index contributed by atoms with van der Waals surface area (Å²) in [6.07, 6.45) is -4.93. The Morgan fingerprint density at radius 1 is 0.878 bits per heavy atom. The summed E-state index contributed by atoms with van der Waals surface area (Å²) in [6.45, 7) is 3.21. The monoisotopic (exact) mass is 590 g/mol. The Labute approximate surface area is 228 Å². The third kappa shape index (κ3) is 7.65. The molecule has 10 nitrogen and oxygen atoms in total. The van der Waals surface area contributed by atoms with Crippen LogP contribution in [0.15, 0.2) is 59.3 Å². The second-order valence-electron chi connectivity index (χ2n) is 8.87. The number of carboxylic acids is 2. The number of carbonyl (C=O) groups excluding carboxylic acids is 1. The zero-order valence-corrected chi connectivity index (χ0v) is 21.1. The van der Waals surface area contributed by atoms with Crippen LogP contribution in [0.25, 0.3) is 11.3 Å². The molecule has 3 N–H and O–H groups in total. The molecule has 1 fully saturated rings. The molecule has 0 atom stereocenters. The van der Waals surface area contributed by atoms with Crippen LogP contribution in [0.2, 0.25) is 0 Å². The van der Waals surface area contributed by atoms with E-state index in [1.54, 1.807) is 18.4 Å². The maximum absolute atomic E-state index is 12.6. The van der Waals surface area contributed by atoms with Gasteiger partial charge in [-0.15, -0.1) is 0 Å². The molecule has 5 rings (SSSR count). The number of nitrogens with one attached hydrogen (secondary N) is 1. The number of alkyl halides is 6. The highest BCUT2D eigenvalue weighted by Gasteiger charge is 2.43. The number of hydrogen-bond donors (Lipinski definition) is 3. The number of amides is 1. The van der Waals surface area contributed by atoms with Crippen LogP contribution in [-0.2, 0) is 21.7 Å². The first-order valence-corrected chi connectivity index (χ1v) is 11.9. The summed E-state index contributed by atoms with van der Waals surface area (Å²) in [5.74, 6) is -4.04. The van der Waals surface area contributed by atoms with Gasteiger partial charge < -0.3 is 29.4 Å². The number of rotatable bonds is 2. The maximum Gasteiger partial charge on any atom is 0.490 e. The van der Waals surface area contributed by atoms with E-state index in [1.165, 1.54) is 11.3 Å². The number of aromatic nitrogens is 2. The van der Waals surface area contributed by atoms with Crippen molar-refractivity contribution in [3.8, 4) is 11.3 Å². The highest BCUT2D eigenvalue weighted by Crippen LogP contribution is 2.37. The summed E-state index contributed by atoms with van der Waals surface area (Å²) < 4.78 is 71.1. The lowest BCUT2D eigenvalue weighted by molar-refractivity contribution is -0.193. The Hall–Kier alpha value is -4.34. The van der Waals surface area contributed by atoms with Gasteiger partial charge in [-0.3, -0.25) is 4.79 Å². The van der Waals surface area contributed by atoms with Crippen LogP contribution in [0.1, 0.15) is 29.2 Å². The van der Waals surface area contributed by atoms with Crippen LogP contribution >= 0.6 is 0 Å². The van der Waals surface area contributed by atoms with Gasteiger partial charge in [-0.1, -0.05) is 30.3 Å². The average Bonchev–Trinajstić information content (AvgIpc) is 3.61. The molecular formula is C25H24F6N4O6. The first-order chi connectivity index (χ1) is 19.2. The van der Waals surface area contributed by atoms with Crippen molar-refractivity contribution in [2.24, 2.45) is 0 Å². The van der Waals surface area contributed by atoms with Crippen LogP contribution in [0.3, 0.4) is 0 Å². The van der Waals surface area contributed by atoms with E-state index < -0.39 is 24.3 Å². The van der Waals surface area contributed by atoms with Crippen LogP contribution in [0.5, 0.6) is 0 Å². The minimum Gasteiger partial charge on any atom is -0.475 e. The van der Waals surface area contributed by atoms with E-state index in [4.69, 9.17) is 29.2 Å². The molecule has 0 saturated carbocycles. The Morgan fingerprint density at radius 3 is 1.93 bits per heavy atom. The minimum absolute atomic E-state index is 0.0287. The summed E-state index contributed by atoms with van der Waals surface area (Å²) in [6, 6.07) is 13.9. The third-order valence-corrected chi connectivity index (χ3v) is 6.27. The predicted molar refractivity (Wildman–Crippen MR) is 129 cm³/mol. The Kier molecular flexibility index (Phi) is 9.47. The van der Waals surface area contributed by atoms with E-state index in [0.717, 1.165) is 31.8 Å². The number of carbonyl (C=O) groups is 3. The first kappa shape index (κ1) is 31.2. The number of furan rings is 1. The molecule has 2 aliphatic rings. The summed E-state index contributed by atoms with van der Waals surface area (Å²) >= 11 is 0. The largest absolute Gasteiger partial charge is 0.490 e. The van der Waals surface area contributed by atoms with Crippen molar-refractivity contribution in [1.29, 1.82) is 0 Å². The van der Waals surface area contributed by atoms with E-state index in [2.05, 4.69) is 34.1 Å². The fraction of sp³-hybridized carbons (Fsp3) is 0.360. The van der Waals surface area contributed by atoms with Crippen molar-refractivity contribution in [1.82, 2.24) is 19.8 Å². The number of imidazole rings is 1. The molecule has 41 heavy (non-hydrogen) atoms. The molecule has 1 saturated heterocycles. The number of likely N-dealkylation sites (tertiary alicyclic amines) is 1.